The lowest BCUT2D eigenvalue weighted by molar-refractivity contribution is -0.301. The number of aliphatic carboxylic acids is 1. The van der Waals surface area contributed by atoms with Crippen molar-refractivity contribution in [2.45, 2.75) is 75.7 Å². The first kappa shape index (κ1) is 20.3. The van der Waals surface area contributed by atoms with Crippen LogP contribution in [-0.4, -0.2) is 75.4 Å². The first-order valence-electron chi connectivity index (χ1n) is 8.11. The molecule has 0 aromatic carbocycles. The van der Waals surface area contributed by atoms with E-state index in [0.29, 0.717) is 13.0 Å². The van der Waals surface area contributed by atoms with Crippen molar-refractivity contribution < 1.29 is 39.8 Å². The normalized spacial score (nSPS) is 31.2. The second-order valence-electron chi connectivity index (χ2n) is 5.83. The lowest BCUT2D eigenvalue weighted by Crippen LogP contribution is -2.59. The zero-order chi connectivity index (χ0) is 17.2. The number of ether oxygens (including phenoxy) is 2. The summed E-state index contributed by atoms with van der Waals surface area (Å²) in [5.74, 6) is -0.766. The number of hydrogen-bond acceptors (Lipinski definition) is 7. The third-order valence-electron chi connectivity index (χ3n) is 3.92. The smallest absolute Gasteiger partial charge is 0.303 e. The molecule has 0 bridgehead atoms. The molecule has 1 aliphatic heterocycles. The number of hydrogen-bond donors (Lipinski definition) is 5. The molecule has 0 saturated carbocycles. The van der Waals surface area contributed by atoms with Crippen LogP contribution in [0.25, 0.3) is 0 Å². The molecule has 1 saturated heterocycles. The van der Waals surface area contributed by atoms with Crippen molar-refractivity contribution in [1.29, 1.82) is 0 Å². The van der Waals surface area contributed by atoms with E-state index in [4.69, 9.17) is 19.7 Å². The zero-order valence-corrected chi connectivity index (χ0v) is 13.2. The molecule has 0 aromatic rings. The molecule has 2 unspecified atom stereocenters. The lowest BCUT2D eigenvalue weighted by atomic mass is 9.99. The Morgan fingerprint density at radius 2 is 1.52 bits per heavy atom. The Bertz CT molecular complexity index is 335. The molecule has 0 amide bonds. The molecule has 0 radical (unpaired) electrons. The molecule has 0 aliphatic carbocycles. The molecule has 5 atom stereocenters. The minimum atomic E-state index is -1.42. The topological polar surface area (TPSA) is 137 Å². The monoisotopic (exact) mass is 336 g/mol. The molecule has 8 nitrogen and oxygen atoms in total. The fourth-order valence-electron chi connectivity index (χ4n) is 2.49. The maximum atomic E-state index is 10.3. The predicted molar refractivity (Wildman–Crippen MR) is 79.7 cm³/mol. The van der Waals surface area contributed by atoms with Gasteiger partial charge in [0.1, 0.15) is 24.4 Å². The second-order valence-corrected chi connectivity index (χ2v) is 5.83. The highest BCUT2D eigenvalue weighted by molar-refractivity contribution is 5.66. The SMILES string of the molecule is O=C(O)CCCCCCCCO[C@@H]1OC(CO)[C@@H](O)[C@@H](O)C1O. The van der Waals surface area contributed by atoms with Gasteiger partial charge in [-0.25, -0.2) is 0 Å². The summed E-state index contributed by atoms with van der Waals surface area (Å²) < 4.78 is 10.6. The highest BCUT2D eigenvalue weighted by Crippen LogP contribution is 2.22. The van der Waals surface area contributed by atoms with E-state index in [2.05, 4.69) is 0 Å². The van der Waals surface area contributed by atoms with Crippen molar-refractivity contribution in [3.8, 4) is 0 Å². The van der Waals surface area contributed by atoms with Gasteiger partial charge in [-0.1, -0.05) is 25.7 Å². The molecular formula is C15H28O8. The Morgan fingerprint density at radius 1 is 0.913 bits per heavy atom. The molecule has 1 aliphatic rings. The molecule has 1 rings (SSSR count). The van der Waals surface area contributed by atoms with Crippen LogP contribution in [0.2, 0.25) is 0 Å². The molecular weight excluding hydrogens is 308 g/mol. The minimum Gasteiger partial charge on any atom is -0.481 e. The van der Waals surface area contributed by atoms with E-state index in [9.17, 15) is 20.1 Å². The quantitative estimate of drug-likeness (QED) is 0.322. The zero-order valence-electron chi connectivity index (χ0n) is 13.2. The van der Waals surface area contributed by atoms with Crippen LogP contribution < -0.4 is 0 Å². The van der Waals surface area contributed by atoms with E-state index in [1.54, 1.807) is 0 Å². The molecule has 1 heterocycles. The van der Waals surface area contributed by atoms with Crippen LogP contribution >= 0.6 is 0 Å². The molecule has 23 heavy (non-hydrogen) atoms. The average molecular weight is 336 g/mol. The highest BCUT2D eigenvalue weighted by atomic mass is 16.7. The Hall–Kier alpha value is -0.770. The summed E-state index contributed by atoms with van der Waals surface area (Å²) in [6.45, 7) is -0.140. The number of rotatable bonds is 11. The average Bonchev–Trinajstić information content (AvgIpc) is 2.52. The predicted octanol–water partition coefficient (Wildman–Crippen LogP) is -0.382. The number of carboxylic acids is 1. The van der Waals surface area contributed by atoms with E-state index in [1.807, 2.05) is 0 Å². The summed E-state index contributed by atoms with van der Waals surface area (Å²) in [7, 11) is 0. The van der Waals surface area contributed by atoms with E-state index >= 15 is 0 Å². The van der Waals surface area contributed by atoms with Gasteiger partial charge in [-0.3, -0.25) is 4.79 Å². The number of aliphatic hydroxyl groups is 4. The third-order valence-corrected chi connectivity index (χ3v) is 3.92. The molecule has 136 valence electrons. The standard InChI is InChI=1S/C15H28O8/c16-9-10-12(19)13(20)14(21)15(23-10)22-8-6-4-2-1-3-5-7-11(17)18/h10,12-16,19-21H,1-9H2,(H,17,18)/t10?,12-,13-,14?,15-/m1/s1. The van der Waals surface area contributed by atoms with Crippen molar-refractivity contribution in [2.24, 2.45) is 0 Å². The summed E-state index contributed by atoms with van der Waals surface area (Å²) in [6, 6.07) is 0. The summed E-state index contributed by atoms with van der Waals surface area (Å²) in [4.78, 5) is 10.3. The van der Waals surface area contributed by atoms with Crippen LogP contribution in [0.15, 0.2) is 0 Å². The van der Waals surface area contributed by atoms with E-state index in [0.717, 1.165) is 32.1 Å². The van der Waals surface area contributed by atoms with Crippen molar-refractivity contribution in [2.75, 3.05) is 13.2 Å². The Labute approximate surface area is 135 Å². The number of carbonyl (C=O) groups is 1. The van der Waals surface area contributed by atoms with E-state index in [-0.39, 0.29) is 6.42 Å². The third kappa shape index (κ3) is 7.11. The van der Waals surface area contributed by atoms with Crippen LogP contribution in [0, 0.1) is 0 Å². The lowest BCUT2D eigenvalue weighted by Gasteiger charge is -2.39. The molecule has 8 heteroatoms. The molecule has 0 spiro atoms. The second kappa shape index (κ2) is 10.9. The summed E-state index contributed by atoms with van der Waals surface area (Å²) in [5.41, 5.74) is 0. The maximum Gasteiger partial charge on any atom is 0.303 e. The van der Waals surface area contributed by atoms with Crippen molar-refractivity contribution in [3.05, 3.63) is 0 Å². The van der Waals surface area contributed by atoms with Gasteiger partial charge in [-0.2, -0.15) is 0 Å². The first-order chi connectivity index (χ1) is 11.0. The summed E-state index contributed by atoms with van der Waals surface area (Å²) >= 11 is 0. The first-order valence-corrected chi connectivity index (χ1v) is 8.11. The van der Waals surface area contributed by atoms with Gasteiger partial charge in [0.15, 0.2) is 6.29 Å². The van der Waals surface area contributed by atoms with Gasteiger partial charge >= 0.3 is 5.97 Å². The van der Waals surface area contributed by atoms with E-state index < -0.39 is 43.3 Å². The van der Waals surface area contributed by atoms with Crippen molar-refractivity contribution in [3.63, 3.8) is 0 Å². The van der Waals surface area contributed by atoms with Gasteiger partial charge in [0, 0.05) is 13.0 Å². The minimum absolute atomic E-state index is 0.209. The number of aliphatic hydroxyl groups excluding tert-OH is 4. The largest absolute Gasteiger partial charge is 0.481 e. The summed E-state index contributed by atoms with van der Waals surface area (Å²) in [6.07, 6.45) is -0.793. The van der Waals surface area contributed by atoms with Crippen LogP contribution in [0.5, 0.6) is 0 Å². The number of carboxylic acid groups (broad SMARTS) is 1. The van der Waals surface area contributed by atoms with Gasteiger partial charge in [0.05, 0.1) is 6.61 Å². The highest BCUT2D eigenvalue weighted by Gasteiger charge is 2.43. The molecule has 5 N–H and O–H groups in total. The number of unbranched alkanes of at least 4 members (excludes halogenated alkanes) is 5. The molecule has 0 aromatic heterocycles. The van der Waals surface area contributed by atoms with Crippen LogP contribution in [0.3, 0.4) is 0 Å². The fourth-order valence-corrected chi connectivity index (χ4v) is 2.49. The van der Waals surface area contributed by atoms with Gasteiger partial charge in [0.25, 0.3) is 0 Å². The fraction of sp³-hybridized carbons (Fsp3) is 0.933. The summed E-state index contributed by atoms with van der Waals surface area (Å²) in [5, 5.41) is 46.6. The maximum absolute atomic E-state index is 10.3. The Kier molecular flexibility index (Phi) is 9.61. The van der Waals surface area contributed by atoms with Crippen LogP contribution in [0.4, 0.5) is 0 Å². The van der Waals surface area contributed by atoms with Gasteiger partial charge in [-0.15, -0.1) is 0 Å². The van der Waals surface area contributed by atoms with Crippen molar-refractivity contribution in [1.82, 2.24) is 0 Å². The molecule has 1 fully saturated rings. The van der Waals surface area contributed by atoms with Crippen LogP contribution in [-0.2, 0) is 14.3 Å². The van der Waals surface area contributed by atoms with Gasteiger partial charge in [0.2, 0.25) is 0 Å². The van der Waals surface area contributed by atoms with E-state index in [1.165, 1.54) is 0 Å². The van der Waals surface area contributed by atoms with Crippen molar-refractivity contribution >= 4 is 5.97 Å². The van der Waals surface area contributed by atoms with Gasteiger partial charge in [-0.05, 0) is 12.8 Å². The van der Waals surface area contributed by atoms with Crippen LogP contribution in [0.1, 0.15) is 44.9 Å². The Morgan fingerprint density at radius 3 is 2.13 bits per heavy atom. The Balaban J connectivity index is 2.09. The van der Waals surface area contributed by atoms with Gasteiger partial charge < -0.3 is 35.0 Å².